The molecule has 0 radical (unpaired) electrons. The summed E-state index contributed by atoms with van der Waals surface area (Å²) in [5, 5.41) is 23.8. The van der Waals surface area contributed by atoms with E-state index in [0.29, 0.717) is 0 Å². The van der Waals surface area contributed by atoms with Crippen LogP contribution in [0.25, 0.3) is 11.1 Å². The molecule has 132 valence electrons. The lowest BCUT2D eigenvalue weighted by atomic mass is 10.0. The van der Waals surface area contributed by atoms with Gasteiger partial charge in [0, 0.05) is 6.54 Å². The van der Waals surface area contributed by atoms with Crippen LogP contribution in [0.15, 0.2) is 60.8 Å². The molecule has 1 aromatic heterocycles. The molecular formula is C18H17N5O3. The number of nitro groups is 1. The average molecular weight is 351 g/mol. The normalized spacial score (nSPS) is 11.7. The van der Waals surface area contributed by atoms with Gasteiger partial charge in [-0.1, -0.05) is 54.6 Å². The summed E-state index contributed by atoms with van der Waals surface area (Å²) in [5.74, 6) is -0.109. The number of nitrogens with two attached hydrogens (primary N) is 1. The highest BCUT2D eigenvalue weighted by molar-refractivity contribution is 5.63. The van der Waals surface area contributed by atoms with Gasteiger partial charge >= 0.3 is 5.69 Å². The number of benzene rings is 2. The third kappa shape index (κ3) is 3.93. The minimum absolute atomic E-state index is 0.119. The number of aliphatic hydroxyl groups is 1. The van der Waals surface area contributed by atoms with Crippen LogP contribution in [0.1, 0.15) is 11.7 Å². The molecule has 0 aliphatic carbocycles. The summed E-state index contributed by atoms with van der Waals surface area (Å²) in [4.78, 5) is 17.7. The number of hydrogen-bond donors (Lipinski definition) is 3. The van der Waals surface area contributed by atoms with Crippen molar-refractivity contribution in [3.05, 3.63) is 76.5 Å². The minimum atomic E-state index is -0.792. The topological polar surface area (TPSA) is 127 Å². The van der Waals surface area contributed by atoms with Crippen molar-refractivity contribution in [3.8, 4) is 11.1 Å². The summed E-state index contributed by atoms with van der Waals surface area (Å²) in [6.07, 6.45) is 0.242. The Morgan fingerprint density at radius 1 is 1.12 bits per heavy atom. The van der Waals surface area contributed by atoms with Crippen LogP contribution in [0.4, 0.5) is 17.5 Å². The van der Waals surface area contributed by atoms with E-state index in [4.69, 9.17) is 5.73 Å². The van der Waals surface area contributed by atoms with E-state index < -0.39 is 11.0 Å². The first kappa shape index (κ1) is 17.3. The summed E-state index contributed by atoms with van der Waals surface area (Å²) in [7, 11) is 0. The second kappa shape index (κ2) is 7.58. The van der Waals surface area contributed by atoms with Crippen molar-refractivity contribution >= 4 is 17.5 Å². The second-order valence-corrected chi connectivity index (χ2v) is 5.61. The number of nitrogens with zero attached hydrogens (tertiary/aromatic N) is 3. The third-order valence-corrected chi connectivity index (χ3v) is 3.85. The predicted octanol–water partition coefficient (Wildman–Crippen LogP) is 2.78. The molecule has 0 spiro atoms. The van der Waals surface area contributed by atoms with Gasteiger partial charge in [0.15, 0.2) is 0 Å². The summed E-state index contributed by atoms with van der Waals surface area (Å²) >= 11 is 0. The maximum atomic E-state index is 10.7. The van der Waals surface area contributed by atoms with Crippen molar-refractivity contribution in [2.45, 2.75) is 6.10 Å². The van der Waals surface area contributed by atoms with Crippen LogP contribution in [-0.4, -0.2) is 26.5 Å². The molecule has 3 rings (SSSR count). The zero-order valence-electron chi connectivity index (χ0n) is 13.7. The maximum Gasteiger partial charge on any atom is 0.329 e. The molecule has 0 saturated heterocycles. The molecule has 4 N–H and O–H groups in total. The van der Waals surface area contributed by atoms with Gasteiger partial charge in [-0.3, -0.25) is 10.1 Å². The van der Waals surface area contributed by atoms with Crippen LogP contribution in [0.3, 0.4) is 0 Å². The van der Waals surface area contributed by atoms with Gasteiger partial charge in [-0.15, -0.1) is 0 Å². The van der Waals surface area contributed by atoms with Gasteiger partial charge in [0.1, 0.15) is 6.20 Å². The molecular weight excluding hydrogens is 334 g/mol. The monoisotopic (exact) mass is 351 g/mol. The molecule has 0 bridgehead atoms. The molecule has 26 heavy (non-hydrogen) atoms. The molecule has 0 aliphatic rings. The van der Waals surface area contributed by atoms with Crippen LogP contribution in [-0.2, 0) is 0 Å². The van der Waals surface area contributed by atoms with Gasteiger partial charge in [-0.25, -0.2) is 4.98 Å². The summed E-state index contributed by atoms with van der Waals surface area (Å²) in [6, 6.07) is 17.5. The van der Waals surface area contributed by atoms with Crippen molar-refractivity contribution in [1.29, 1.82) is 0 Å². The van der Waals surface area contributed by atoms with E-state index in [1.807, 2.05) is 54.6 Å². The minimum Gasteiger partial charge on any atom is -0.387 e. The molecule has 0 aliphatic heterocycles. The van der Waals surface area contributed by atoms with E-state index in [0.717, 1.165) is 22.9 Å². The van der Waals surface area contributed by atoms with E-state index in [1.54, 1.807) is 0 Å². The zero-order valence-corrected chi connectivity index (χ0v) is 13.7. The zero-order chi connectivity index (χ0) is 18.5. The molecule has 0 fully saturated rings. The molecule has 8 nitrogen and oxygen atoms in total. The highest BCUT2D eigenvalue weighted by Crippen LogP contribution is 2.22. The molecule has 1 heterocycles. The first-order valence-corrected chi connectivity index (χ1v) is 7.89. The number of aromatic nitrogens is 2. The van der Waals surface area contributed by atoms with Crippen molar-refractivity contribution < 1.29 is 10.0 Å². The number of nitrogens with one attached hydrogen (secondary N) is 1. The fourth-order valence-electron chi connectivity index (χ4n) is 2.45. The fourth-order valence-corrected chi connectivity index (χ4v) is 2.45. The molecule has 2 aromatic carbocycles. The highest BCUT2D eigenvalue weighted by Gasteiger charge is 2.15. The van der Waals surface area contributed by atoms with E-state index >= 15 is 0 Å². The van der Waals surface area contributed by atoms with Crippen LogP contribution < -0.4 is 11.1 Å². The predicted molar refractivity (Wildman–Crippen MR) is 98.4 cm³/mol. The van der Waals surface area contributed by atoms with Crippen LogP contribution >= 0.6 is 0 Å². The Balaban J connectivity index is 1.64. The average Bonchev–Trinajstić information content (AvgIpc) is 2.66. The van der Waals surface area contributed by atoms with Gasteiger partial charge in [0.05, 0.1) is 11.0 Å². The highest BCUT2D eigenvalue weighted by atomic mass is 16.6. The summed E-state index contributed by atoms with van der Waals surface area (Å²) in [6.45, 7) is 0.141. The van der Waals surface area contributed by atoms with Crippen molar-refractivity contribution in [2.24, 2.45) is 0 Å². The van der Waals surface area contributed by atoms with E-state index in [2.05, 4.69) is 15.3 Å². The van der Waals surface area contributed by atoms with Gasteiger partial charge in [-0.2, -0.15) is 4.98 Å². The van der Waals surface area contributed by atoms with Gasteiger partial charge in [0.2, 0.25) is 11.8 Å². The summed E-state index contributed by atoms with van der Waals surface area (Å²) in [5.41, 5.74) is 8.05. The lowest BCUT2D eigenvalue weighted by molar-refractivity contribution is -0.384. The molecule has 1 atom stereocenters. The first-order valence-electron chi connectivity index (χ1n) is 7.89. The lowest BCUT2D eigenvalue weighted by Gasteiger charge is -2.13. The van der Waals surface area contributed by atoms with E-state index in [1.165, 1.54) is 0 Å². The smallest absolute Gasteiger partial charge is 0.329 e. The number of aliphatic hydroxyl groups excluding tert-OH is 1. The summed E-state index contributed by atoms with van der Waals surface area (Å²) < 4.78 is 0. The Labute approximate surface area is 149 Å². The van der Waals surface area contributed by atoms with Crippen molar-refractivity contribution in [3.63, 3.8) is 0 Å². The second-order valence-electron chi connectivity index (χ2n) is 5.61. The SMILES string of the molecule is Nc1nc(NCC(O)c2ccc(-c3ccccc3)cc2)ncc1[N+](=O)[O-]. The molecule has 3 aromatic rings. The Bertz CT molecular complexity index is 900. The largest absolute Gasteiger partial charge is 0.387 e. The first-order chi connectivity index (χ1) is 12.5. The van der Waals surface area contributed by atoms with Crippen LogP contribution in [0.2, 0.25) is 0 Å². The van der Waals surface area contributed by atoms with Crippen molar-refractivity contribution in [2.75, 3.05) is 17.6 Å². The fraction of sp³-hybridized carbons (Fsp3) is 0.111. The quantitative estimate of drug-likeness (QED) is 0.460. The number of anilines is 2. The molecule has 0 amide bonds. The Hall–Kier alpha value is -3.52. The molecule has 8 heteroatoms. The third-order valence-electron chi connectivity index (χ3n) is 3.85. The Morgan fingerprint density at radius 3 is 2.38 bits per heavy atom. The van der Waals surface area contributed by atoms with E-state index in [9.17, 15) is 15.2 Å². The Morgan fingerprint density at radius 2 is 1.77 bits per heavy atom. The Kier molecular flexibility index (Phi) is 5.04. The number of rotatable bonds is 6. The van der Waals surface area contributed by atoms with Crippen LogP contribution in [0, 0.1) is 10.1 Å². The number of nitrogen functional groups attached to an aromatic ring is 1. The number of hydrogen-bond acceptors (Lipinski definition) is 7. The van der Waals surface area contributed by atoms with E-state index in [-0.39, 0.29) is 24.0 Å². The van der Waals surface area contributed by atoms with Crippen molar-refractivity contribution in [1.82, 2.24) is 9.97 Å². The van der Waals surface area contributed by atoms with Crippen LogP contribution in [0.5, 0.6) is 0 Å². The van der Waals surface area contributed by atoms with Gasteiger partial charge in [0.25, 0.3) is 0 Å². The molecule has 1 unspecified atom stereocenters. The lowest BCUT2D eigenvalue weighted by Crippen LogP contribution is -2.14. The standard InChI is InChI=1S/C18H17N5O3/c19-17-15(23(25)26)10-20-18(22-17)21-11-16(24)14-8-6-13(7-9-14)12-4-2-1-3-5-12/h1-10,16,24H,11H2,(H3,19,20,21,22). The molecule has 0 saturated carbocycles. The van der Waals surface area contributed by atoms with Gasteiger partial charge in [-0.05, 0) is 16.7 Å². The maximum absolute atomic E-state index is 10.7. The van der Waals surface area contributed by atoms with Gasteiger partial charge < -0.3 is 16.2 Å².